The molecule has 0 saturated carbocycles. The van der Waals surface area contributed by atoms with Gasteiger partial charge < -0.3 is 19.2 Å². The largest absolute Gasteiger partial charge is 0.494 e. The van der Waals surface area contributed by atoms with Crippen LogP contribution in [0.4, 0.5) is 0 Å². The topological polar surface area (TPSA) is 86.5 Å². The Kier molecular flexibility index (Phi) is 7.40. The fraction of sp³-hybridized carbons (Fsp3) is 0.423. The molecule has 0 atom stereocenters. The molecule has 174 valence electrons. The lowest BCUT2D eigenvalue weighted by Gasteiger charge is -2.38. The molecular formula is C26H31N3O4. The van der Waals surface area contributed by atoms with Crippen LogP contribution < -0.4 is 10.1 Å². The van der Waals surface area contributed by atoms with E-state index >= 15 is 0 Å². The molecule has 1 aliphatic rings. The summed E-state index contributed by atoms with van der Waals surface area (Å²) in [7, 11) is 0. The van der Waals surface area contributed by atoms with E-state index in [-0.39, 0.29) is 11.3 Å². The summed E-state index contributed by atoms with van der Waals surface area (Å²) in [4.78, 5) is 12.6. The van der Waals surface area contributed by atoms with Crippen molar-refractivity contribution in [3.63, 3.8) is 0 Å². The van der Waals surface area contributed by atoms with Gasteiger partial charge in [0.1, 0.15) is 5.75 Å². The first kappa shape index (κ1) is 23.0. The van der Waals surface area contributed by atoms with Crippen molar-refractivity contribution in [3.05, 3.63) is 65.5 Å². The second-order valence-corrected chi connectivity index (χ2v) is 8.49. The molecular weight excluding hydrogens is 418 g/mol. The average molecular weight is 450 g/mol. The van der Waals surface area contributed by atoms with Crippen LogP contribution in [0.25, 0.3) is 11.5 Å². The summed E-state index contributed by atoms with van der Waals surface area (Å²) in [5.74, 6) is 1.77. The summed E-state index contributed by atoms with van der Waals surface area (Å²) in [6.07, 6.45) is 2.44. The van der Waals surface area contributed by atoms with Crippen LogP contribution in [-0.4, -0.2) is 42.5 Å². The SMILES string of the molecule is CCOc1ccc(C2(CNC(=O)CCc3nnc(-c4ccc(C)cc4)o3)CCOCC2)cc1. The van der Waals surface area contributed by atoms with Gasteiger partial charge in [-0.3, -0.25) is 4.79 Å². The standard InChI is InChI=1S/C26H31N3O4/c1-3-32-22-10-8-21(9-11-22)26(14-16-31-17-15-26)18-27-23(30)12-13-24-28-29-25(33-24)20-6-4-19(2)5-7-20/h4-11H,3,12-18H2,1-2H3,(H,27,30). The summed E-state index contributed by atoms with van der Waals surface area (Å²) in [5, 5.41) is 11.3. The van der Waals surface area contributed by atoms with Gasteiger partial charge in [0.05, 0.1) is 6.61 Å². The van der Waals surface area contributed by atoms with E-state index in [0.29, 0.717) is 51.0 Å². The van der Waals surface area contributed by atoms with E-state index in [1.807, 2.05) is 50.2 Å². The molecule has 1 aromatic heterocycles. The number of amides is 1. The van der Waals surface area contributed by atoms with E-state index < -0.39 is 0 Å². The zero-order chi connectivity index (χ0) is 23.1. The third-order valence-corrected chi connectivity index (χ3v) is 6.18. The highest BCUT2D eigenvalue weighted by atomic mass is 16.5. The van der Waals surface area contributed by atoms with Crippen LogP contribution in [0.1, 0.15) is 43.2 Å². The summed E-state index contributed by atoms with van der Waals surface area (Å²) >= 11 is 0. The van der Waals surface area contributed by atoms with Crippen molar-refractivity contribution in [3.8, 4) is 17.2 Å². The Morgan fingerprint density at radius 1 is 1.06 bits per heavy atom. The first-order valence-corrected chi connectivity index (χ1v) is 11.6. The second kappa shape index (κ2) is 10.6. The van der Waals surface area contributed by atoms with Crippen molar-refractivity contribution in [2.45, 2.75) is 44.9 Å². The molecule has 0 aliphatic carbocycles. The van der Waals surface area contributed by atoms with Crippen LogP contribution in [0.15, 0.2) is 52.9 Å². The molecule has 1 aliphatic heterocycles. The predicted octanol–water partition coefficient (Wildman–Crippen LogP) is 4.24. The molecule has 2 heterocycles. The number of carbonyl (C=O) groups excluding carboxylic acids is 1. The van der Waals surface area contributed by atoms with Gasteiger partial charge in [-0.05, 0) is 56.5 Å². The molecule has 1 fully saturated rings. The van der Waals surface area contributed by atoms with Crippen LogP contribution in [0.3, 0.4) is 0 Å². The second-order valence-electron chi connectivity index (χ2n) is 8.49. The molecule has 0 spiro atoms. The lowest BCUT2D eigenvalue weighted by molar-refractivity contribution is -0.121. The maximum absolute atomic E-state index is 12.6. The third-order valence-electron chi connectivity index (χ3n) is 6.18. The zero-order valence-electron chi connectivity index (χ0n) is 19.3. The van der Waals surface area contributed by atoms with E-state index in [4.69, 9.17) is 13.9 Å². The summed E-state index contributed by atoms with van der Waals surface area (Å²) in [6.45, 7) is 6.59. The van der Waals surface area contributed by atoms with Crippen LogP contribution >= 0.6 is 0 Å². The van der Waals surface area contributed by atoms with Crippen LogP contribution in [0.5, 0.6) is 5.75 Å². The van der Waals surface area contributed by atoms with E-state index in [1.165, 1.54) is 11.1 Å². The molecule has 7 heteroatoms. The van der Waals surface area contributed by atoms with Gasteiger partial charge in [0.2, 0.25) is 17.7 Å². The molecule has 1 N–H and O–H groups in total. The van der Waals surface area contributed by atoms with Crippen molar-refractivity contribution in [2.75, 3.05) is 26.4 Å². The highest BCUT2D eigenvalue weighted by Crippen LogP contribution is 2.35. The fourth-order valence-corrected chi connectivity index (χ4v) is 4.15. The monoisotopic (exact) mass is 449 g/mol. The fourth-order valence-electron chi connectivity index (χ4n) is 4.15. The van der Waals surface area contributed by atoms with Crippen molar-refractivity contribution < 1.29 is 18.7 Å². The predicted molar refractivity (Wildman–Crippen MR) is 125 cm³/mol. The normalized spacial score (nSPS) is 15.2. The number of rotatable bonds is 9. The number of aryl methyl sites for hydroxylation is 2. The molecule has 2 aromatic carbocycles. The number of nitrogens with one attached hydrogen (secondary N) is 1. The number of aromatic nitrogens is 2. The van der Waals surface area contributed by atoms with Gasteiger partial charge in [-0.25, -0.2) is 0 Å². The molecule has 3 aromatic rings. The highest BCUT2D eigenvalue weighted by Gasteiger charge is 2.34. The van der Waals surface area contributed by atoms with Gasteiger partial charge in [0.25, 0.3) is 0 Å². The average Bonchev–Trinajstić information content (AvgIpc) is 3.32. The minimum absolute atomic E-state index is 0.0260. The molecule has 4 rings (SSSR count). The minimum atomic E-state index is -0.137. The van der Waals surface area contributed by atoms with E-state index in [1.54, 1.807) is 0 Å². The molecule has 1 saturated heterocycles. The minimum Gasteiger partial charge on any atom is -0.494 e. The van der Waals surface area contributed by atoms with Crippen molar-refractivity contribution >= 4 is 5.91 Å². The van der Waals surface area contributed by atoms with Gasteiger partial charge >= 0.3 is 0 Å². The van der Waals surface area contributed by atoms with Gasteiger partial charge in [0, 0.05) is 43.6 Å². The van der Waals surface area contributed by atoms with Crippen LogP contribution in [-0.2, 0) is 21.4 Å². The van der Waals surface area contributed by atoms with E-state index in [0.717, 1.165) is 24.2 Å². The number of nitrogens with zero attached hydrogens (tertiary/aromatic N) is 2. The number of hydrogen-bond donors (Lipinski definition) is 1. The molecule has 7 nitrogen and oxygen atoms in total. The summed E-state index contributed by atoms with van der Waals surface area (Å²) in [6, 6.07) is 16.1. The molecule has 0 radical (unpaired) electrons. The Bertz CT molecular complexity index is 1040. The molecule has 1 amide bonds. The number of benzene rings is 2. The molecule has 0 unspecified atom stereocenters. The lowest BCUT2D eigenvalue weighted by atomic mass is 9.74. The van der Waals surface area contributed by atoms with Gasteiger partial charge in [-0.15, -0.1) is 10.2 Å². The van der Waals surface area contributed by atoms with Crippen molar-refractivity contribution in [1.82, 2.24) is 15.5 Å². The van der Waals surface area contributed by atoms with Gasteiger partial charge in [-0.1, -0.05) is 29.8 Å². The first-order valence-electron chi connectivity index (χ1n) is 11.6. The Labute approximate surface area is 194 Å². The van der Waals surface area contributed by atoms with Crippen molar-refractivity contribution in [2.24, 2.45) is 0 Å². The Morgan fingerprint density at radius 3 is 2.48 bits per heavy atom. The maximum Gasteiger partial charge on any atom is 0.247 e. The number of hydrogen-bond acceptors (Lipinski definition) is 6. The van der Waals surface area contributed by atoms with Crippen LogP contribution in [0, 0.1) is 6.92 Å². The van der Waals surface area contributed by atoms with E-state index in [9.17, 15) is 4.79 Å². The van der Waals surface area contributed by atoms with Crippen molar-refractivity contribution in [1.29, 1.82) is 0 Å². The summed E-state index contributed by atoms with van der Waals surface area (Å²) in [5.41, 5.74) is 3.11. The van der Waals surface area contributed by atoms with Gasteiger partial charge in [0.15, 0.2) is 0 Å². The maximum atomic E-state index is 12.6. The Balaban J connectivity index is 1.34. The van der Waals surface area contributed by atoms with Gasteiger partial charge in [-0.2, -0.15) is 0 Å². The number of carbonyl (C=O) groups is 1. The Hall–Kier alpha value is -3.19. The quantitative estimate of drug-likeness (QED) is 0.526. The lowest BCUT2D eigenvalue weighted by Crippen LogP contribution is -2.44. The Morgan fingerprint density at radius 2 is 1.79 bits per heavy atom. The smallest absolute Gasteiger partial charge is 0.247 e. The molecule has 0 bridgehead atoms. The number of ether oxygens (including phenoxy) is 2. The highest BCUT2D eigenvalue weighted by molar-refractivity contribution is 5.76. The van der Waals surface area contributed by atoms with E-state index in [2.05, 4.69) is 27.6 Å². The first-order chi connectivity index (χ1) is 16.1. The zero-order valence-corrected chi connectivity index (χ0v) is 19.3. The third kappa shape index (κ3) is 5.79. The van der Waals surface area contributed by atoms with Crippen LogP contribution in [0.2, 0.25) is 0 Å². The summed E-state index contributed by atoms with van der Waals surface area (Å²) < 4.78 is 16.9. The molecule has 33 heavy (non-hydrogen) atoms.